The van der Waals surface area contributed by atoms with Crippen molar-refractivity contribution < 1.29 is 24.2 Å². The molecule has 0 aliphatic heterocycles. The van der Waals surface area contributed by atoms with Gasteiger partial charge in [0.05, 0.1) is 26.2 Å². The summed E-state index contributed by atoms with van der Waals surface area (Å²) >= 11 is 6.14. The van der Waals surface area contributed by atoms with Crippen LogP contribution in [0.1, 0.15) is 21.5 Å². The minimum Gasteiger partial charge on any atom is -0.496 e. The molecule has 2 N–H and O–H groups in total. The summed E-state index contributed by atoms with van der Waals surface area (Å²) in [6, 6.07) is 9.89. The van der Waals surface area contributed by atoms with Crippen molar-refractivity contribution in [2.45, 2.75) is 12.8 Å². The van der Waals surface area contributed by atoms with Gasteiger partial charge in [-0.25, -0.2) is 4.79 Å². The van der Waals surface area contributed by atoms with E-state index in [2.05, 4.69) is 5.32 Å². The quantitative estimate of drug-likeness (QED) is 0.738. The van der Waals surface area contributed by atoms with Gasteiger partial charge in [-0.1, -0.05) is 23.7 Å². The maximum absolute atomic E-state index is 12.2. The summed E-state index contributed by atoms with van der Waals surface area (Å²) in [6.45, 7) is 0.383. The van der Waals surface area contributed by atoms with Gasteiger partial charge in [-0.2, -0.15) is 0 Å². The van der Waals surface area contributed by atoms with Crippen LogP contribution in [-0.2, 0) is 17.6 Å². The van der Waals surface area contributed by atoms with Crippen molar-refractivity contribution in [3.8, 4) is 11.5 Å². The average molecular weight is 378 g/mol. The highest BCUT2D eigenvalue weighted by Crippen LogP contribution is 2.26. The van der Waals surface area contributed by atoms with Crippen molar-refractivity contribution in [3.05, 3.63) is 58.1 Å². The fourth-order valence-electron chi connectivity index (χ4n) is 2.55. The zero-order valence-electron chi connectivity index (χ0n) is 14.5. The Morgan fingerprint density at radius 2 is 1.85 bits per heavy atom. The third kappa shape index (κ3) is 4.89. The molecule has 0 unspecified atom stereocenters. The van der Waals surface area contributed by atoms with Crippen molar-refractivity contribution in [1.29, 1.82) is 0 Å². The molecule has 0 radical (unpaired) electrons. The lowest BCUT2D eigenvalue weighted by Crippen LogP contribution is -2.27. The topological polar surface area (TPSA) is 84.9 Å². The van der Waals surface area contributed by atoms with E-state index in [4.69, 9.17) is 26.2 Å². The number of ether oxygens (including phenoxy) is 2. The number of nitrogens with one attached hydrogen (secondary N) is 1. The molecule has 0 aromatic heterocycles. The van der Waals surface area contributed by atoms with Crippen LogP contribution in [0.3, 0.4) is 0 Å². The van der Waals surface area contributed by atoms with Gasteiger partial charge in [-0.15, -0.1) is 0 Å². The second-order valence-electron chi connectivity index (χ2n) is 5.53. The van der Waals surface area contributed by atoms with Crippen LogP contribution in [0.25, 0.3) is 0 Å². The molecule has 0 saturated heterocycles. The number of halogens is 1. The number of methoxy groups -OCH3 is 2. The zero-order chi connectivity index (χ0) is 19.1. The molecule has 1 amide bonds. The Hall–Kier alpha value is -2.73. The predicted octanol–water partition coefficient (Wildman–Crippen LogP) is 2.96. The normalized spacial score (nSPS) is 10.3. The molecule has 2 rings (SSSR count). The summed E-state index contributed by atoms with van der Waals surface area (Å²) < 4.78 is 10.5. The van der Waals surface area contributed by atoms with E-state index in [1.54, 1.807) is 24.3 Å². The Kier molecular flexibility index (Phi) is 6.86. The number of carboxylic acid groups (broad SMARTS) is 1. The third-order valence-electron chi connectivity index (χ3n) is 3.88. The van der Waals surface area contributed by atoms with Gasteiger partial charge in [0.1, 0.15) is 11.5 Å². The molecule has 0 saturated carbocycles. The fourth-order valence-corrected chi connectivity index (χ4v) is 2.78. The average Bonchev–Trinajstić information content (AvgIpc) is 2.63. The van der Waals surface area contributed by atoms with Gasteiger partial charge in [0.15, 0.2) is 0 Å². The van der Waals surface area contributed by atoms with E-state index in [1.165, 1.54) is 26.4 Å². The van der Waals surface area contributed by atoms with Gasteiger partial charge >= 0.3 is 5.97 Å². The van der Waals surface area contributed by atoms with E-state index >= 15 is 0 Å². The number of carbonyl (C=O) groups is 2. The maximum atomic E-state index is 12.2. The van der Waals surface area contributed by atoms with E-state index in [0.717, 1.165) is 5.56 Å². The highest BCUT2D eigenvalue weighted by Gasteiger charge is 2.13. The molecule has 2 aromatic rings. The first-order valence-corrected chi connectivity index (χ1v) is 8.32. The lowest BCUT2D eigenvalue weighted by Gasteiger charge is -2.12. The number of carbonyl (C=O) groups excluding carboxylic acids is 1. The van der Waals surface area contributed by atoms with Gasteiger partial charge in [0.2, 0.25) is 5.91 Å². The van der Waals surface area contributed by atoms with Gasteiger partial charge in [-0.05, 0) is 36.2 Å². The molecular weight excluding hydrogens is 358 g/mol. The van der Waals surface area contributed by atoms with Crippen LogP contribution in [0.4, 0.5) is 0 Å². The van der Waals surface area contributed by atoms with Crippen molar-refractivity contribution >= 4 is 23.5 Å². The van der Waals surface area contributed by atoms with E-state index < -0.39 is 5.97 Å². The van der Waals surface area contributed by atoms with Crippen LogP contribution in [0, 0.1) is 0 Å². The molecule has 0 spiro atoms. The molecule has 0 aliphatic carbocycles. The lowest BCUT2D eigenvalue weighted by atomic mass is 10.1. The predicted molar refractivity (Wildman–Crippen MR) is 98.4 cm³/mol. The number of hydrogen-bond acceptors (Lipinski definition) is 4. The number of aromatic carboxylic acids is 1. The largest absolute Gasteiger partial charge is 0.496 e. The summed E-state index contributed by atoms with van der Waals surface area (Å²) in [5.74, 6) is -0.153. The first-order chi connectivity index (χ1) is 12.5. The SMILES string of the molecule is COc1cc(C(=O)O)ccc1CCNC(=O)Cc1c(Cl)cccc1OC. The van der Waals surface area contributed by atoms with Crippen LogP contribution < -0.4 is 14.8 Å². The maximum Gasteiger partial charge on any atom is 0.335 e. The smallest absolute Gasteiger partial charge is 0.335 e. The van der Waals surface area contributed by atoms with Crippen LogP contribution in [0.15, 0.2) is 36.4 Å². The molecule has 0 atom stereocenters. The summed E-state index contributed by atoms with van der Waals surface area (Å²) in [5.41, 5.74) is 1.60. The Morgan fingerprint density at radius 3 is 2.50 bits per heavy atom. The molecule has 6 nitrogen and oxygen atoms in total. The van der Waals surface area contributed by atoms with E-state index in [1.807, 2.05) is 0 Å². The molecule has 138 valence electrons. The van der Waals surface area contributed by atoms with Crippen molar-refractivity contribution in [1.82, 2.24) is 5.32 Å². The highest BCUT2D eigenvalue weighted by atomic mass is 35.5. The first-order valence-electron chi connectivity index (χ1n) is 7.94. The van der Waals surface area contributed by atoms with Crippen molar-refractivity contribution in [2.24, 2.45) is 0 Å². The number of benzene rings is 2. The monoisotopic (exact) mass is 377 g/mol. The Labute approximate surface area is 156 Å². The summed E-state index contributed by atoms with van der Waals surface area (Å²) in [5, 5.41) is 12.3. The molecule has 7 heteroatoms. The summed E-state index contributed by atoms with van der Waals surface area (Å²) in [6.07, 6.45) is 0.617. The summed E-state index contributed by atoms with van der Waals surface area (Å²) in [4.78, 5) is 23.2. The minimum absolute atomic E-state index is 0.109. The van der Waals surface area contributed by atoms with Crippen LogP contribution in [-0.4, -0.2) is 37.7 Å². The molecule has 0 aliphatic rings. The Bertz CT molecular complexity index is 807. The number of hydrogen-bond donors (Lipinski definition) is 2. The Balaban J connectivity index is 1.96. The molecule has 0 heterocycles. The van der Waals surface area contributed by atoms with Crippen molar-refractivity contribution in [2.75, 3.05) is 20.8 Å². The molecule has 0 bridgehead atoms. The number of carboxylic acids is 1. The lowest BCUT2D eigenvalue weighted by molar-refractivity contribution is -0.120. The van der Waals surface area contributed by atoms with Gasteiger partial charge in [-0.3, -0.25) is 4.79 Å². The number of amides is 1. The second-order valence-corrected chi connectivity index (χ2v) is 5.94. The van der Waals surface area contributed by atoms with Crippen LogP contribution in [0.5, 0.6) is 11.5 Å². The van der Waals surface area contributed by atoms with E-state index in [0.29, 0.717) is 35.1 Å². The van der Waals surface area contributed by atoms with E-state index in [9.17, 15) is 9.59 Å². The molecule has 26 heavy (non-hydrogen) atoms. The van der Waals surface area contributed by atoms with Gasteiger partial charge in [0, 0.05) is 17.1 Å². The number of rotatable bonds is 8. The van der Waals surface area contributed by atoms with E-state index in [-0.39, 0.29) is 17.9 Å². The van der Waals surface area contributed by atoms with Crippen LogP contribution >= 0.6 is 11.6 Å². The zero-order valence-corrected chi connectivity index (χ0v) is 15.3. The molecular formula is C19H20ClNO5. The second kappa shape index (κ2) is 9.10. The fraction of sp³-hybridized carbons (Fsp3) is 0.263. The van der Waals surface area contributed by atoms with Gasteiger partial charge < -0.3 is 19.9 Å². The van der Waals surface area contributed by atoms with Crippen molar-refractivity contribution in [3.63, 3.8) is 0 Å². The third-order valence-corrected chi connectivity index (χ3v) is 4.24. The van der Waals surface area contributed by atoms with Gasteiger partial charge in [0.25, 0.3) is 0 Å². The van der Waals surface area contributed by atoms with Crippen LogP contribution in [0.2, 0.25) is 5.02 Å². The molecule has 0 fully saturated rings. The summed E-state index contributed by atoms with van der Waals surface area (Å²) in [7, 11) is 3.01. The minimum atomic E-state index is -1.02. The highest BCUT2D eigenvalue weighted by molar-refractivity contribution is 6.31. The Morgan fingerprint density at radius 1 is 1.12 bits per heavy atom. The molecule has 2 aromatic carbocycles. The first kappa shape index (κ1) is 19.6. The standard InChI is InChI=1S/C19H20ClNO5/c1-25-16-5-3-4-15(20)14(16)11-18(22)21-9-8-12-6-7-13(19(23)24)10-17(12)26-2/h3-7,10H,8-9,11H2,1-2H3,(H,21,22)(H,23,24).